The summed E-state index contributed by atoms with van der Waals surface area (Å²) in [6, 6.07) is 2.30. The van der Waals surface area contributed by atoms with Crippen LogP contribution in [0.5, 0.6) is 0 Å². The molecule has 1 saturated heterocycles. The van der Waals surface area contributed by atoms with Gasteiger partial charge in [-0.15, -0.1) is 0 Å². The monoisotopic (exact) mass is 309 g/mol. The summed E-state index contributed by atoms with van der Waals surface area (Å²) in [6.45, 7) is 7.14. The Kier molecular flexibility index (Phi) is 5.45. The summed E-state index contributed by atoms with van der Waals surface area (Å²) in [5, 5.41) is 3.62. The van der Waals surface area contributed by atoms with E-state index in [-0.39, 0.29) is 18.0 Å². The van der Waals surface area contributed by atoms with Crippen LogP contribution in [-0.2, 0) is 0 Å². The van der Waals surface area contributed by atoms with Crippen LogP contribution in [0.2, 0.25) is 5.02 Å². The first-order valence-electron chi connectivity index (χ1n) is 7.76. The quantitative estimate of drug-likeness (QED) is 0.915. The molecular weight excluding hydrogens is 286 g/mol. The lowest BCUT2D eigenvalue weighted by Crippen LogP contribution is -2.47. The number of carbonyl (C=O) groups is 1. The van der Waals surface area contributed by atoms with Crippen LogP contribution in [0.4, 0.5) is 5.82 Å². The summed E-state index contributed by atoms with van der Waals surface area (Å²) >= 11 is 6.20. The van der Waals surface area contributed by atoms with Gasteiger partial charge in [0, 0.05) is 24.8 Å². The Morgan fingerprint density at radius 3 is 2.71 bits per heavy atom. The Bertz CT molecular complexity index is 496. The Balaban J connectivity index is 2.24. The minimum atomic E-state index is 0.0154. The lowest BCUT2D eigenvalue weighted by Gasteiger charge is -2.39. The number of piperidine rings is 1. The first-order chi connectivity index (χ1) is 10.0. The number of amides is 1. The average molecular weight is 310 g/mol. The fraction of sp³-hybridized carbons (Fsp3) is 0.625. The van der Waals surface area contributed by atoms with Gasteiger partial charge >= 0.3 is 0 Å². The number of hydrogen-bond donors (Lipinski definition) is 1. The number of pyridine rings is 1. The molecule has 5 heteroatoms. The molecule has 1 aromatic rings. The van der Waals surface area contributed by atoms with Crippen LogP contribution >= 0.6 is 11.6 Å². The molecule has 0 spiro atoms. The number of hydrogen-bond acceptors (Lipinski definition) is 3. The van der Waals surface area contributed by atoms with Crippen molar-refractivity contribution in [3.63, 3.8) is 0 Å². The van der Waals surface area contributed by atoms with Gasteiger partial charge in [0.2, 0.25) is 0 Å². The van der Waals surface area contributed by atoms with Crippen molar-refractivity contribution in [2.45, 2.75) is 58.5 Å². The van der Waals surface area contributed by atoms with Crippen molar-refractivity contribution >= 4 is 23.3 Å². The predicted octanol–water partition coefficient (Wildman–Crippen LogP) is 3.96. The van der Waals surface area contributed by atoms with Gasteiger partial charge in [-0.05, 0) is 45.6 Å². The molecule has 2 rings (SSSR count). The molecule has 1 amide bonds. The maximum Gasteiger partial charge on any atom is 0.256 e. The number of carbonyl (C=O) groups excluding carboxylic acids is 1. The van der Waals surface area contributed by atoms with Crippen LogP contribution in [0.15, 0.2) is 12.3 Å². The SMILES string of the molecule is CCCNc1cc(C(=O)N2[C@H](C)CCC[C@@H]2C)c(Cl)cn1. The van der Waals surface area contributed by atoms with E-state index in [2.05, 4.69) is 31.1 Å². The Labute approximate surface area is 131 Å². The molecular formula is C16H24ClN3O. The normalized spacial score (nSPS) is 22.2. The minimum absolute atomic E-state index is 0.0154. The molecule has 0 unspecified atom stereocenters. The highest BCUT2D eigenvalue weighted by Crippen LogP contribution is 2.27. The summed E-state index contributed by atoms with van der Waals surface area (Å²) < 4.78 is 0. The zero-order valence-corrected chi connectivity index (χ0v) is 13.8. The zero-order valence-electron chi connectivity index (χ0n) is 13.0. The molecule has 1 fully saturated rings. The third kappa shape index (κ3) is 3.67. The Hall–Kier alpha value is -1.29. The minimum Gasteiger partial charge on any atom is -0.370 e. The summed E-state index contributed by atoms with van der Waals surface area (Å²) in [5.41, 5.74) is 0.547. The van der Waals surface area contributed by atoms with Gasteiger partial charge in [0.1, 0.15) is 5.82 Å². The molecule has 1 N–H and O–H groups in total. The van der Waals surface area contributed by atoms with Gasteiger partial charge in [-0.3, -0.25) is 4.79 Å². The second-order valence-electron chi connectivity index (χ2n) is 5.82. The van der Waals surface area contributed by atoms with Gasteiger partial charge in [-0.2, -0.15) is 0 Å². The number of rotatable bonds is 4. The van der Waals surface area contributed by atoms with Crippen LogP contribution in [0, 0.1) is 0 Å². The standard InChI is InChI=1S/C16H24ClN3O/c1-4-8-18-15-9-13(14(17)10-19-15)16(21)20-11(2)6-5-7-12(20)3/h9-12H,4-8H2,1-3H3,(H,18,19)/t11-,12+. The molecule has 0 bridgehead atoms. The van der Waals surface area contributed by atoms with Gasteiger partial charge in [-0.25, -0.2) is 4.98 Å². The third-order valence-electron chi connectivity index (χ3n) is 4.07. The molecule has 0 aliphatic carbocycles. The van der Waals surface area contributed by atoms with Crippen LogP contribution < -0.4 is 5.32 Å². The molecule has 1 aliphatic rings. The summed E-state index contributed by atoms with van der Waals surface area (Å²) in [6.07, 6.45) is 5.86. The smallest absolute Gasteiger partial charge is 0.256 e. The van der Waals surface area contributed by atoms with E-state index in [0.717, 1.165) is 25.8 Å². The molecule has 2 atom stereocenters. The molecule has 116 valence electrons. The van der Waals surface area contributed by atoms with Crippen molar-refractivity contribution in [2.24, 2.45) is 0 Å². The number of halogens is 1. The summed E-state index contributed by atoms with van der Waals surface area (Å²) in [7, 11) is 0. The highest BCUT2D eigenvalue weighted by molar-refractivity contribution is 6.33. The average Bonchev–Trinajstić information content (AvgIpc) is 2.46. The molecule has 0 radical (unpaired) electrons. The summed E-state index contributed by atoms with van der Waals surface area (Å²) in [4.78, 5) is 19.0. The predicted molar refractivity (Wildman–Crippen MR) is 87.0 cm³/mol. The fourth-order valence-electron chi connectivity index (χ4n) is 2.91. The zero-order chi connectivity index (χ0) is 15.4. The molecule has 21 heavy (non-hydrogen) atoms. The molecule has 0 aromatic carbocycles. The van der Waals surface area contributed by atoms with Crippen molar-refractivity contribution in [3.8, 4) is 0 Å². The Morgan fingerprint density at radius 1 is 1.43 bits per heavy atom. The second kappa shape index (κ2) is 7.12. The highest BCUT2D eigenvalue weighted by atomic mass is 35.5. The number of anilines is 1. The van der Waals surface area contributed by atoms with Gasteiger partial charge in [0.25, 0.3) is 5.91 Å². The highest BCUT2D eigenvalue weighted by Gasteiger charge is 2.30. The van der Waals surface area contributed by atoms with Gasteiger partial charge in [-0.1, -0.05) is 18.5 Å². The van der Waals surface area contributed by atoms with Gasteiger partial charge in [0.05, 0.1) is 10.6 Å². The number of nitrogens with zero attached hydrogens (tertiary/aromatic N) is 2. The van der Waals surface area contributed by atoms with E-state index >= 15 is 0 Å². The van der Waals surface area contributed by atoms with Gasteiger partial charge in [0.15, 0.2) is 0 Å². The van der Waals surface area contributed by atoms with Crippen molar-refractivity contribution in [1.29, 1.82) is 0 Å². The molecule has 1 aromatic heterocycles. The lowest BCUT2D eigenvalue weighted by molar-refractivity contribution is 0.0511. The van der Waals surface area contributed by atoms with Crippen LogP contribution in [0.1, 0.15) is 56.8 Å². The number of nitrogens with one attached hydrogen (secondary N) is 1. The first-order valence-corrected chi connectivity index (χ1v) is 8.14. The van der Waals surface area contributed by atoms with E-state index in [4.69, 9.17) is 11.6 Å². The van der Waals surface area contributed by atoms with E-state index in [1.165, 1.54) is 6.42 Å². The van der Waals surface area contributed by atoms with E-state index in [1.807, 2.05) is 4.90 Å². The van der Waals surface area contributed by atoms with Crippen molar-refractivity contribution < 1.29 is 4.79 Å². The van der Waals surface area contributed by atoms with E-state index < -0.39 is 0 Å². The maximum atomic E-state index is 12.9. The fourth-order valence-corrected chi connectivity index (χ4v) is 3.10. The number of likely N-dealkylation sites (tertiary alicyclic amines) is 1. The van der Waals surface area contributed by atoms with Crippen LogP contribution in [0.25, 0.3) is 0 Å². The topological polar surface area (TPSA) is 45.2 Å². The molecule has 2 heterocycles. The second-order valence-corrected chi connectivity index (χ2v) is 6.22. The van der Waals surface area contributed by atoms with E-state index in [0.29, 0.717) is 16.4 Å². The van der Waals surface area contributed by atoms with Crippen molar-refractivity contribution in [3.05, 3.63) is 22.8 Å². The van der Waals surface area contributed by atoms with Crippen molar-refractivity contribution in [1.82, 2.24) is 9.88 Å². The van der Waals surface area contributed by atoms with E-state index in [1.54, 1.807) is 12.3 Å². The van der Waals surface area contributed by atoms with E-state index in [9.17, 15) is 4.79 Å². The van der Waals surface area contributed by atoms with Crippen LogP contribution in [0.3, 0.4) is 0 Å². The van der Waals surface area contributed by atoms with Crippen LogP contribution in [-0.4, -0.2) is 34.4 Å². The first kappa shape index (κ1) is 16.1. The van der Waals surface area contributed by atoms with Crippen molar-refractivity contribution in [2.75, 3.05) is 11.9 Å². The lowest BCUT2D eigenvalue weighted by atomic mass is 9.96. The Morgan fingerprint density at radius 2 is 2.10 bits per heavy atom. The summed E-state index contributed by atoms with van der Waals surface area (Å²) in [5.74, 6) is 0.726. The molecule has 4 nitrogen and oxygen atoms in total. The van der Waals surface area contributed by atoms with Gasteiger partial charge < -0.3 is 10.2 Å². The molecule has 0 saturated carbocycles. The molecule has 1 aliphatic heterocycles. The third-order valence-corrected chi connectivity index (χ3v) is 4.37. The maximum absolute atomic E-state index is 12.9. The largest absolute Gasteiger partial charge is 0.370 e. The number of aromatic nitrogens is 1.